The molecule has 0 aromatic heterocycles. The number of amides is 2. The van der Waals surface area contributed by atoms with Crippen LogP contribution < -0.4 is 0 Å². The summed E-state index contributed by atoms with van der Waals surface area (Å²) in [6.45, 7) is 0.409. The minimum absolute atomic E-state index is 0.0132. The third kappa shape index (κ3) is 5.12. The molecule has 132 valence electrons. The molecule has 1 heterocycles. The lowest BCUT2D eigenvalue weighted by Crippen LogP contribution is -2.43. The second-order valence-corrected chi connectivity index (χ2v) is 6.09. The molecular weight excluding hydrogens is 345 g/mol. The largest absolute Gasteiger partial charge is 0.471 e. The highest BCUT2D eigenvalue weighted by molar-refractivity contribution is 6.30. The summed E-state index contributed by atoms with van der Waals surface area (Å²) in [6, 6.07) is 7.16. The van der Waals surface area contributed by atoms with Crippen LogP contribution in [0.15, 0.2) is 24.3 Å². The lowest BCUT2D eigenvalue weighted by atomic mass is 10.1. The highest BCUT2D eigenvalue weighted by Crippen LogP contribution is 2.20. The first kappa shape index (κ1) is 18.6. The molecule has 2 rings (SSSR count). The zero-order chi connectivity index (χ0) is 17.7. The van der Waals surface area contributed by atoms with Gasteiger partial charge in [-0.15, -0.1) is 0 Å². The Bertz CT molecular complexity index is 590. The Morgan fingerprint density at radius 2 is 1.58 bits per heavy atom. The van der Waals surface area contributed by atoms with E-state index in [-0.39, 0.29) is 32.0 Å². The van der Waals surface area contributed by atoms with Crippen molar-refractivity contribution in [3.05, 3.63) is 34.9 Å². The highest BCUT2D eigenvalue weighted by Gasteiger charge is 2.42. The number of hydrogen-bond acceptors (Lipinski definition) is 2. The van der Waals surface area contributed by atoms with Crippen LogP contribution >= 0.6 is 11.6 Å². The van der Waals surface area contributed by atoms with Gasteiger partial charge < -0.3 is 9.80 Å². The number of carbonyl (C=O) groups excluding carboxylic acids is 2. The molecule has 0 radical (unpaired) electrons. The first-order valence-electron chi connectivity index (χ1n) is 7.65. The van der Waals surface area contributed by atoms with Gasteiger partial charge >= 0.3 is 12.1 Å². The van der Waals surface area contributed by atoms with Crippen molar-refractivity contribution in [1.82, 2.24) is 9.80 Å². The Labute approximate surface area is 143 Å². The minimum atomic E-state index is -4.87. The number of carbonyl (C=O) groups is 2. The fourth-order valence-corrected chi connectivity index (χ4v) is 2.74. The molecule has 4 nitrogen and oxygen atoms in total. The standard InChI is InChI=1S/C16H18ClF3N2O2/c17-13-5-2-12(3-6-13)4-7-14(23)21-8-1-9-22(11-10-21)15(24)16(18,19)20/h2-3,5-6H,1,4,7-11H2. The van der Waals surface area contributed by atoms with Crippen molar-refractivity contribution in [2.75, 3.05) is 26.2 Å². The molecule has 0 aliphatic carbocycles. The molecule has 0 spiro atoms. The van der Waals surface area contributed by atoms with E-state index in [0.717, 1.165) is 10.5 Å². The zero-order valence-corrected chi connectivity index (χ0v) is 13.7. The molecule has 1 fully saturated rings. The molecule has 0 saturated carbocycles. The van der Waals surface area contributed by atoms with E-state index in [2.05, 4.69) is 0 Å². The average Bonchev–Trinajstić information content (AvgIpc) is 2.78. The molecule has 0 atom stereocenters. The summed E-state index contributed by atoms with van der Waals surface area (Å²) in [7, 11) is 0. The molecule has 1 aliphatic heterocycles. The number of aryl methyl sites for hydroxylation is 1. The Morgan fingerprint density at radius 1 is 1.00 bits per heavy atom. The van der Waals surface area contributed by atoms with Crippen molar-refractivity contribution >= 4 is 23.4 Å². The molecule has 0 N–H and O–H groups in total. The number of alkyl halides is 3. The topological polar surface area (TPSA) is 40.6 Å². The Hall–Kier alpha value is -1.76. The van der Waals surface area contributed by atoms with E-state index in [1.807, 2.05) is 12.1 Å². The average molecular weight is 363 g/mol. The van der Waals surface area contributed by atoms with Crippen LogP contribution in [-0.2, 0) is 16.0 Å². The predicted octanol–water partition coefficient (Wildman–Crippen LogP) is 2.90. The first-order chi connectivity index (χ1) is 11.3. The van der Waals surface area contributed by atoms with Crippen molar-refractivity contribution in [2.24, 2.45) is 0 Å². The van der Waals surface area contributed by atoms with Crippen LogP contribution in [0.25, 0.3) is 0 Å². The molecule has 2 amide bonds. The number of halogens is 4. The minimum Gasteiger partial charge on any atom is -0.341 e. The summed E-state index contributed by atoms with van der Waals surface area (Å²) in [5, 5.41) is 0.618. The van der Waals surface area contributed by atoms with Crippen molar-refractivity contribution < 1.29 is 22.8 Å². The lowest BCUT2D eigenvalue weighted by Gasteiger charge is -2.23. The van der Waals surface area contributed by atoms with Gasteiger partial charge in [-0.05, 0) is 30.5 Å². The van der Waals surface area contributed by atoms with Crippen LogP contribution in [0.1, 0.15) is 18.4 Å². The van der Waals surface area contributed by atoms with E-state index in [1.54, 1.807) is 12.1 Å². The molecule has 1 aromatic rings. The maximum atomic E-state index is 12.5. The van der Waals surface area contributed by atoms with Crippen molar-refractivity contribution in [3.63, 3.8) is 0 Å². The molecule has 1 saturated heterocycles. The van der Waals surface area contributed by atoms with Crippen LogP contribution in [0.5, 0.6) is 0 Å². The van der Waals surface area contributed by atoms with Gasteiger partial charge in [0.15, 0.2) is 0 Å². The number of rotatable bonds is 3. The quantitative estimate of drug-likeness (QED) is 0.829. The van der Waals surface area contributed by atoms with E-state index in [0.29, 0.717) is 24.4 Å². The lowest BCUT2D eigenvalue weighted by molar-refractivity contribution is -0.185. The smallest absolute Gasteiger partial charge is 0.341 e. The number of hydrogen-bond donors (Lipinski definition) is 0. The van der Waals surface area contributed by atoms with Gasteiger partial charge in [-0.25, -0.2) is 0 Å². The van der Waals surface area contributed by atoms with Gasteiger partial charge in [0.1, 0.15) is 0 Å². The summed E-state index contributed by atoms with van der Waals surface area (Å²) in [6.07, 6.45) is -3.71. The van der Waals surface area contributed by atoms with Crippen LogP contribution in [0.3, 0.4) is 0 Å². The third-order valence-corrected chi connectivity index (χ3v) is 4.17. The monoisotopic (exact) mass is 362 g/mol. The Balaban J connectivity index is 1.85. The van der Waals surface area contributed by atoms with Gasteiger partial charge in [0.25, 0.3) is 0 Å². The van der Waals surface area contributed by atoms with E-state index in [4.69, 9.17) is 11.6 Å². The van der Waals surface area contributed by atoms with Crippen LogP contribution in [0.4, 0.5) is 13.2 Å². The van der Waals surface area contributed by atoms with Crippen LogP contribution in [-0.4, -0.2) is 54.0 Å². The van der Waals surface area contributed by atoms with Gasteiger partial charge in [-0.3, -0.25) is 9.59 Å². The molecule has 0 unspecified atom stereocenters. The summed E-state index contributed by atoms with van der Waals surface area (Å²) >= 11 is 5.80. The van der Waals surface area contributed by atoms with Crippen LogP contribution in [0.2, 0.25) is 5.02 Å². The normalized spacial score (nSPS) is 16.0. The van der Waals surface area contributed by atoms with E-state index >= 15 is 0 Å². The molecule has 1 aliphatic rings. The van der Waals surface area contributed by atoms with Gasteiger partial charge in [0, 0.05) is 37.6 Å². The van der Waals surface area contributed by atoms with Gasteiger partial charge in [-0.1, -0.05) is 23.7 Å². The zero-order valence-electron chi connectivity index (χ0n) is 13.0. The predicted molar refractivity (Wildman–Crippen MR) is 83.6 cm³/mol. The molecule has 0 bridgehead atoms. The second-order valence-electron chi connectivity index (χ2n) is 5.65. The van der Waals surface area contributed by atoms with E-state index in [9.17, 15) is 22.8 Å². The summed E-state index contributed by atoms with van der Waals surface area (Å²) in [5.74, 6) is -1.95. The molecule has 24 heavy (non-hydrogen) atoms. The molecule has 8 heteroatoms. The van der Waals surface area contributed by atoms with E-state index in [1.165, 1.54) is 4.90 Å². The summed E-state index contributed by atoms with van der Waals surface area (Å²) in [4.78, 5) is 25.8. The third-order valence-electron chi connectivity index (χ3n) is 3.92. The van der Waals surface area contributed by atoms with E-state index < -0.39 is 12.1 Å². The van der Waals surface area contributed by atoms with Gasteiger partial charge in [0.05, 0.1) is 0 Å². The maximum Gasteiger partial charge on any atom is 0.471 e. The highest BCUT2D eigenvalue weighted by atomic mass is 35.5. The van der Waals surface area contributed by atoms with Crippen molar-refractivity contribution in [1.29, 1.82) is 0 Å². The molecular formula is C16H18ClF3N2O2. The SMILES string of the molecule is O=C(CCc1ccc(Cl)cc1)N1CCCN(C(=O)C(F)(F)F)CC1. The fraction of sp³-hybridized carbons (Fsp3) is 0.500. The Kier molecular flexibility index (Phi) is 6.10. The first-order valence-corrected chi connectivity index (χ1v) is 8.03. The maximum absolute atomic E-state index is 12.5. The summed E-state index contributed by atoms with van der Waals surface area (Å²) in [5.41, 5.74) is 0.969. The summed E-state index contributed by atoms with van der Waals surface area (Å²) < 4.78 is 37.4. The Morgan fingerprint density at radius 3 is 2.21 bits per heavy atom. The van der Waals surface area contributed by atoms with Crippen molar-refractivity contribution in [2.45, 2.75) is 25.4 Å². The van der Waals surface area contributed by atoms with Crippen LogP contribution in [0, 0.1) is 0 Å². The number of benzene rings is 1. The van der Waals surface area contributed by atoms with Crippen molar-refractivity contribution in [3.8, 4) is 0 Å². The van der Waals surface area contributed by atoms with Gasteiger partial charge in [0.2, 0.25) is 5.91 Å². The number of nitrogens with zero attached hydrogens (tertiary/aromatic N) is 2. The fourth-order valence-electron chi connectivity index (χ4n) is 2.61. The second kappa shape index (κ2) is 7.88. The van der Waals surface area contributed by atoms with Gasteiger partial charge in [-0.2, -0.15) is 13.2 Å². The molecule has 1 aromatic carbocycles.